The van der Waals surface area contributed by atoms with Crippen LogP contribution in [0.4, 0.5) is 0 Å². The maximum atomic E-state index is 11.4. The van der Waals surface area contributed by atoms with Crippen LogP contribution in [-0.4, -0.2) is 11.2 Å². The maximum Gasteiger partial charge on any atom is 0.308 e. The Morgan fingerprint density at radius 1 is 1.58 bits per heavy atom. The highest BCUT2D eigenvalue weighted by molar-refractivity contribution is 8.89. The molecule has 9 heteroatoms. The van der Waals surface area contributed by atoms with Crippen molar-refractivity contribution in [1.82, 2.24) is 5.09 Å². The number of thiol groups is 1. The average molecular weight is 247 g/mol. The summed E-state index contributed by atoms with van der Waals surface area (Å²) in [7, 11) is 0. The molecule has 0 saturated heterocycles. The molecule has 0 aromatic carbocycles. The molecule has 0 aromatic heterocycles. The largest absolute Gasteiger partial charge is 0.308 e. The number of carbonyl (C=O) groups excluding carboxylic acids is 1. The van der Waals surface area contributed by atoms with Crippen molar-refractivity contribution in [3.05, 3.63) is 0 Å². The number of amides is 1. The summed E-state index contributed by atoms with van der Waals surface area (Å²) in [6, 6.07) is 0. The van der Waals surface area contributed by atoms with Crippen LogP contribution in [0.25, 0.3) is 0 Å². The van der Waals surface area contributed by atoms with Crippen molar-refractivity contribution in [2.75, 3.05) is 0 Å². The fraction of sp³-hybridized carbons (Fsp3) is 0.667. The van der Waals surface area contributed by atoms with Gasteiger partial charge in [-0.3, -0.25) is 24.7 Å². The molecule has 0 rings (SSSR count). The van der Waals surface area contributed by atoms with E-state index in [4.69, 9.17) is 10.3 Å². The van der Waals surface area contributed by atoms with Crippen molar-refractivity contribution in [1.29, 1.82) is 0 Å². The van der Waals surface area contributed by atoms with Gasteiger partial charge in [0.05, 0.1) is 5.25 Å². The number of hydrogen-bond donors (Lipinski definition) is 4. The summed E-state index contributed by atoms with van der Waals surface area (Å²) < 4.78 is 11.4. The predicted molar refractivity (Wildman–Crippen MR) is 57.8 cm³/mol. The van der Waals surface area contributed by atoms with Gasteiger partial charge in [0.2, 0.25) is 5.91 Å². The zero-order valence-corrected chi connectivity index (χ0v) is 9.68. The van der Waals surface area contributed by atoms with Gasteiger partial charge in [-0.25, -0.2) is 0 Å². The fourth-order valence-corrected chi connectivity index (χ4v) is 2.54. The Bertz CT molecular complexity index is 203. The minimum absolute atomic E-state index is 0.447. The monoisotopic (exact) mass is 247 g/mol. The zero-order valence-electron chi connectivity index (χ0n) is 6.26. The van der Waals surface area contributed by atoms with Crippen LogP contribution in [0.5, 0.6) is 0 Å². The van der Waals surface area contributed by atoms with Crippen LogP contribution in [-0.2, 0) is 9.36 Å². The second kappa shape index (κ2) is 5.41. The third-order valence-corrected chi connectivity index (χ3v) is 5.95. The van der Waals surface area contributed by atoms with Crippen molar-refractivity contribution in [2.24, 2.45) is 10.3 Å². The molecule has 5 nitrogen and oxygen atoms in total. The van der Waals surface area contributed by atoms with Gasteiger partial charge in [-0.1, -0.05) is 0 Å². The Hall–Kier alpha value is 0.670. The standard InChI is InChI=1S/C3H10N3O2PS3/c1-2(10)3(7)6-9(8,11-4)12-5/h2,10H,4-5H2,1H3,(H,6,7,8). The number of nitrogens with two attached hydrogens (primary N) is 2. The van der Waals surface area contributed by atoms with Crippen molar-refractivity contribution in [2.45, 2.75) is 12.2 Å². The molecular formula is C3H10N3O2PS3. The summed E-state index contributed by atoms with van der Waals surface area (Å²) in [6.07, 6.45) is 0. The normalized spacial score (nSPS) is 14.0. The lowest BCUT2D eigenvalue weighted by Gasteiger charge is -2.13. The number of hydrogen-bond acceptors (Lipinski definition) is 7. The Kier molecular flexibility index (Phi) is 5.71. The minimum atomic E-state index is -3.05. The molecule has 1 amide bonds. The van der Waals surface area contributed by atoms with Crippen LogP contribution in [0.3, 0.4) is 0 Å². The lowest BCUT2D eigenvalue weighted by Crippen LogP contribution is -2.26. The summed E-state index contributed by atoms with van der Waals surface area (Å²) in [6.45, 7) is 1.56. The first kappa shape index (κ1) is 12.7. The van der Waals surface area contributed by atoms with Crippen molar-refractivity contribution in [3.63, 3.8) is 0 Å². The van der Waals surface area contributed by atoms with Gasteiger partial charge in [-0.15, -0.1) is 0 Å². The van der Waals surface area contributed by atoms with E-state index in [2.05, 4.69) is 17.7 Å². The molecule has 12 heavy (non-hydrogen) atoms. The van der Waals surface area contributed by atoms with Gasteiger partial charge < -0.3 is 0 Å². The van der Waals surface area contributed by atoms with Gasteiger partial charge in [0.15, 0.2) is 0 Å². The lowest BCUT2D eigenvalue weighted by molar-refractivity contribution is -0.118. The molecule has 1 unspecified atom stereocenters. The first-order chi connectivity index (χ1) is 5.45. The summed E-state index contributed by atoms with van der Waals surface area (Å²) in [5.74, 6) is -0.447. The third-order valence-electron chi connectivity index (χ3n) is 0.904. The molecule has 0 aliphatic rings. The van der Waals surface area contributed by atoms with Gasteiger partial charge in [0.25, 0.3) is 0 Å². The van der Waals surface area contributed by atoms with Crippen LogP contribution in [0, 0.1) is 0 Å². The summed E-state index contributed by atoms with van der Waals surface area (Å²) in [4.78, 5) is 11.0. The van der Waals surface area contributed by atoms with Crippen LogP contribution in [0.2, 0.25) is 0 Å². The highest BCUT2D eigenvalue weighted by Gasteiger charge is 2.25. The van der Waals surface area contributed by atoms with E-state index in [1.807, 2.05) is 0 Å². The molecule has 0 aromatic rings. The molecule has 0 spiro atoms. The van der Waals surface area contributed by atoms with E-state index in [1.165, 1.54) is 0 Å². The number of rotatable bonds is 4. The number of carbonyl (C=O) groups is 1. The van der Waals surface area contributed by atoms with E-state index in [0.717, 1.165) is 0 Å². The summed E-state index contributed by atoms with van der Waals surface area (Å²) >= 11 is 4.94. The maximum absolute atomic E-state index is 11.4. The quantitative estimate of drug-likeness (QED) is 0.332. The van der Waals surface area contributed by atoms with E-state index in [1.54, 1.807) is 6.92 Å². The molecule has 0 radical (unpaired) electrons. The molecule has 0 aliphatic carbocycles. The Morgan fingerprint density at radius 2 is 2.00 bits per heavy atom. The van der Waals surface area contributed by atoms with E-state index in [-0.39, 0.29) is 0 Å². The molecule has 0 aliphatic heterocycles. The highest BCUT2D eigenvalue weighted by atomic mass is 33.1. The molecule has 0 heterocycles. The first-order valence-corrected chi connectivity index (χ1v) is 8.01. The molecule has 72 valence electrons. The Balaban J connectivity index is 4.23. The second-order valence-electron chi connectivity index (χ2n) is 1.86. The topological polar surface area (TPSA) is 98.2 Å². The third kappa shape index (κ3) is 4.06. The van der Waals surface area contributed by atoms with Crippen molar-refractivity contribution < 1.29 is 9.36 Å². The zero-order chi connectivity index (χ0) is 9.78. The van der Waals surface area contributed by atoms with E-state index < -0.39 is 16.9 Å². The molecule has 5 N–H and O–H groups in total. The molecule has 0 saturated carbocycles. The summed E-state index contributed by atoms with van der Waals surface area (Å²) in [5.41, 5.74) is -3.05. The number of nitrogens with one attached hydrogen (secondary N) is 1. The average Bonchev–Trinajstić information content (AvgIpc) is 2.04. The van der Waals surface area contributed by atoms with Crippen molar-refractivity contribution >= 4 is 47.4 Å². The van der Waals surface area contributed by atoms with Gasteiger partial charge in [-0.05, 0) is 6.92 Å². The van der Waals surface area contributed by atoms with E-state index in [0.29, 0.717) is 23.1 Å². The summed E-state index contributed by atoms with van der Waals surface area (Å²) in [5, 5.41) is 11.8. The smallest absolute Gasteiger partial charge is 0.288 e. The van der Waals surface area contributed by atoms with Gasteiger partial charge in [0.1, 0.15) is 0 Å². The fourth-order valence-electron chi connectivity index (χ4n) is 0.306. The van der Waals surface area contributed by atoms with Crippen molar-refractivity contribution in [3.8, 4) is 0 Å². The van der Waals surface area contributed by atoms with Gasteiger partial charge in [0, 0.05) is 23.1 Å². The molecule has 0 bridgehead atoms. The molecular weight excluding hydrogens is 237 g/mol. The minimum Gasteiger partial charge on any atom is -0.288 e. The van der Waals surface area contributed by atoms with E-state index >= 15 is 0 Å². The second-order valence-corrected chi connectivity index (χ2v) is 9.32. The van der Waals surface area contributed by atoms with Crippen LogP contribution in [0.15, 0.2) is 0 Å². The van der Waals surface area contributed by atoms with Gasteiger partial charge in [-0.2, -0.15) is 12.6 Å². The van der Waals surface area contributed by atoms with Crippen LogP contribution < -0.4 is 15.4 Å². The van der Waals surface area contributed by atoms with Crippen LogP contribution >= 0.6 is 41.5 Å². The highest BCUT2D eigenvalue weighted by Crippen LogP contribution is 2.60. The van der Waals surface area contributed by atoms with E-state index in [9.17, 15) is 9.36 Å². The first-order valence-electron chi connectivity index (χ1n) is 2.82. The predicted octanol–water partition coefficient (Wildman–Crippen LogP) is 0.743. The Labute approximate surface area is 84.4 Å². The van der Waals surface area contributed by atoms with Gasteiger partial charge >= 0.3 is 5.70 Å². The lowest BCUT2D eigenvalue weighted by atomic mass is 10.5. The molecule has 1 atom stereocenters. The Morgan fingerprint density at radius 3 is 2.25 bits per heavy atom. The SMILES string of the molecule is CC(S)C(=O)NP(=O)(SN)SN. The van der Waals surface area contributed by atoms with Crippen LogP contribution in [0.1, 0.15) is 6.92 Å². The molecule has 0 fully saturated rings.